The number of carbonyl (C=O) groups excluding carboxylic acids is 1. The first-order chi connectivity index (χ1) is 4.33. The summed E-state index contributed by atoms with van der Waals surface area (Å²) in [6.45, 7) is 0. The molecule has 0 fully saturated rings. The zero-order valence-electron chi connectivity index (χ0n) is 4.93. The van der Waals surface area contributed by atoms with E-state index in [4.69, 9.17) is 0 Å². The lowest BCUT2D eigenvalue weighted by molar-refractivity contribution is -0.105. The smallest absolute Gasteiger partial charge is 0.146 e. The van der Waals surface area contributed by atoms with Crippen LogP contribution in [0.3, 0.4) is 0 Å². The fraction of sp³-hybridized carbons (Fsp3) is 0.286. The van der Waals surface area contributed by atoms with Crippen LogP contribution < -0.4 is 0 Å². The fourth-order valence-corrected chi connectivity index (χ4v) is 0.726. The molecule has 0 N–H and O–H groups in total. The molecule has 1 rings (SSSR count). The highest BCUT2D eigenvalue weighted by Crippen LogP contribution is 2.16. The molecule has 0 bridgehead atoms. The van der Waals surface area contributed by atoms with Crippen LogP contribution >= 0.6 is 0 Å². The topological polar surface area (TPSA) is 17.1 Å². The molecule has 0 saturated carbocycles. The second-order valence-corrected chi connectivity index (χ2v) is 1.97. The van der Waals surface area contributed by atoms with Crippen molar-refractivity contribution in [3.8, 4) is 0 Å². The fourth-order valence-electron chi connectivity index (χ4n) is 0.726. The van der Waals surface area contributed by atoms with Gasteiger partial charge in [-0.15, -0.1) is 0 Å². The molecule has 2 heteroatoms. The molecular weight excluding hydrogens is 119 g/mol. The average Bonchev–Trinajstić information content (AvgIpc) is 1.90. The van der Waals surface area contributed by atoms with Crippen molar-refractivity contribution in [1.29, 1.82) is 0 Å². The third kappa shape index (κ3) is 1.49. The first kappa shape index (κ1) is 6.20. The molecule has 0 aromatic carbocycles. The van der Waals surface area contributed by atoms with Gasteiger partial charge in [-0.05, 0) is 18.1 Å². The third-order valence-corrected chi connectivity index (χ3v) is 1.28. The summed E-state index contributed by atoms with van der Waals surface area (Å²) in [5.74, 6) is -0.138. The van der Waals surface area contributed by atoms with Crippen molar-refractivity contribution in [1.82, 2.24) is 0 Å². The third-order valence-electron chi connectivity index (χ3n) is 1.28. The number of carbonyl (C=O) groups is 1. The van der Waals surface area contributed by atoms with Gasteiger partial charge in [-0.3, -0.25) is 4.79 Å². The molecule has 0 atom stereocenters. The van der Waals surface area contributed by atoms with E-state index in [1.54, 1.807) is 0 Å². The molecule has 0 unspecified atom stereocenters. The number of hydrogen-bond donors (Lipinski definition) is 0. The lowest BCUT2D eigenvalue weighted by Crippen LogP contribution is -1.90. The molecule has 0 saturated heterocycles. The summed E-state index contributed by atoms with van der Waals surface area (Å²) in [6, 6.07) is 0. The predicted octanol–water partition coefficient (Wildman–Crippen LogP) is 1.76. The van der Waals surface area contributed by atoms with Crippen molar-refractivity contribution in [3.05, 3.63) is 23.6 Å². The summed E-state index contributed by atoms with van der Waals surface area (Å²) in [5.41, 5.74) is 0.677. The van der Waals surface area contributed by atoms with Crippen molar-refractivity contribution in [2.45, 2.75) is 12.8 Å². The molecule has 1 aliphatic carbocycles. The SMILES string of the molecule is O=CC1=CC=C(F)CC1. The van der Waals surface area contributed by atoms with E-state index in [1.165, 1.54) is 12.2 Å². The largest absolute Gasteiger partial charge is 0.298 e. The van der Waals surface area contributed by atoms with Crippen LogP contribution in [0.25, 0.3) is 0 Å². The molecule has 48 valence electrons. The van der Waals surface area contributed by atoms with E-state index in [0.717, 1.165) is 6.29 Å². The first-order valence-corrected chi connectivity index (χ1v) is 2.83. The average molecular weight is 126 g/mol. The van der Waals surface area contributed by atoms with E-state index in [1.807, 2.05) is 0 Å². The van der Waals surface area contributed by atoms with Gasteiger partial charge < -0.3 is 0 Å². The maximum absolute atomic E-state index is 12.2. The Morgan fingerprint density at radius 2 is 2.22 bits per heavy atom. The molecule has 0 heterocycles. The van der Waals surface area contributed by atoms with Gasteiger partial charge in [0, 0.05) is 6.42 Å². The van der Waals surface area contributed by atoms with Gasteiger partial charge in [0.1, 0.15) is 12.1 Å². The molecular formula is C7H7FO. The van der Waals surface area contributed by atoms with Gasteiger partial charge in [-0.25, -0.2) is 4.39 Å². The Balaban J connectivity index is 2.69. The van der Waals surface area contributed by atoms with Gasteiger partial charge in [0.2, 0.25) is 0 Å². The molecule has 0 aliphatic heterocycles. The number of allylic oxidation sites excluding steroid dienone is 4. The quantitative estimate of drug-likeness (QED) is 0.489. The predicted molar refractivity (Wildman–Crippen MR) is 32.6 cm³/mol. The van der Waals surface area contributed by atoms with Crippen LogP contribution in [-0.2, 0) is 4.79 Å². The summed E-state index contributed by atoms with van der Waals surface area (Å²) in [5, 5.41) is 0. The normalized spacial score (nSPS) is 18.3. The lowest BCUT2D eigenvalue weighted by atomic mass is 10.1. The summed E-state index contributed by atoms with van der Waals surface area (Å²) in [6.07, 6.45) is 4.55. The Labute approximate surface area is 52.9 Å². The zero-order chi connectivity index (χ0) is 6.69. The van der Waals surface area contributed by atoms with E-state index in [-0.39, 0.29) is 5.83 Å². The molecule has 0 radical (unpaired) electrons. The number of aldehydes is 1. The van der Waals surface area contributed by atoms with E-state index < -0.39 is 0 Å². The van der Waals surface area contributed by atoms with Gasteiger partial charge in [0.05, 0.1) is 0 Å². The molecule has 0 aromatic heterocycles. The van der Waals surface area contributed by atoms with E-state index in [0.29, 0.717) is 18.4 Å². The van der Waals surface area contributed by atoms with Crippen molar-refractivity contribution in [2.75, 3.05) is 0 Å². The Bertz CT molecular complexity index is 179. The van der Waals surface area contributed by atoms with Crippen LogP contribution in [0.4, 0.5) is 4.39 Å². The lowest BCUT2D eigenvalue weighted by Gasteiger charge is -2.01. The van der Waals surface area contributed by atoms with Gasteiger partial charge in [-0.2, -0.15) is 0 Å². The minimum absolute atomic E-state index is 0.138. The van der Waals surface area contributed by atoms with E-state index in [9.17, 15) is 9.18 Å². The standard InChI is InChI=1S/C7H7FO/c8-7-3-1-6(5-9)2-4-7/h1,3,5H,2,4H2. The maximum atomic E-state index is 12.2. The van der Waals surface area contributed by atoms with Crippen LogP contribution in [0, 0.1) is 0 Å². The molecule has 1 nitrogen and oxygen atoms in total. The summed E-state index contributed by atoms with van der Waals surface area (Å²) in [7, 11) is 0. The maximum Gasteiger partial charge on any atom is 0.146 e. The minimum atomic E-state index is -0.138. The zero-order valence-corrected chi connectivity index (χ0v) is 4.93. The van der Waals surface area contributed by atoms with Crippen LogP contribution in [0.5, 0.6) is 0 Å². The molecule has 0 amide bonds. The summed E-state index contributed by atoms with van der Waals surface area (Å²) >= 11 is 0. The number of rotatable bonds is 1. The molecule has 0 spiro atoms. The monoisotopic (exact) mass is 126 g/mol. The van der Waals surface area contributed by atoms with Crippen molar-refractivity contribution in [2.24, 2.45) is 0 Å². The summed E-state index contributed by atoms with van der Waals surface area (Å²) in [4.78, 5) is 10.0. The first-order valence-electron chi connectivity index (χ1n) is 2.83. The Morgan fingerprint density at radius 3 is 2.67 bits per heavy atom. The molecule has 0 aromatic rings. The van der Waals surface area contributed by atoms with Gasteiger partial charge in [0.15, 0.2) is 0 Å². The minimum Gasteiger partial charge on any atom is -0.298 e. The molecule has 1 aliphatic rings. The molecule has 9 heavy (non-hydrogen) atoms. The second-order valence-electron chi connectivity index (χ2n) is 1.97. The Kier molecular flexibility index (Phi) is 1.78. The number of hydrogen-bond acceptors (Lipinski definition) is 1. The van der Waals surface area contributed by atoms with Crippen molar-refractivity contribution < 1.29 is 9.18 Å². The van der Waals surface area contributed by atoms with Crippen LogP contribution in [0.1, 0.15) is 12.8 Å². The summed E-state index contributed by atoms with van der Waals surface area (Å²) < 4.78 is 12.2. The van der Waals surface area contributed by atoms with Gasteiger partial charge in [-0.1, -0.05) is 6.08 Å². The van der Waals surface area contributed by atoms with Gasteiger partial charge >= 0.3 is 0 Å². The van der Waals surface area contributed by atoms with Crippen LogP contribution in [-0.4, -0.2) is 6.29 Å². The highest BCUT2D eigenvalue weighted by atomic mass is 19.1. The second kappa shape index (κ2) is 2.58. The van der Waals surface area contributed by atoms with Gasteiger partial charge in [0.25, 0.3) is 0 Å². The van der Waals surface area contributed by atoms with E-state index >= 15 is 0 Å². The Morgan fingerprint density at radius 1 is 1.44 bits per heavy atom. The highest BCUT2D eigenvalue weighted by Gasteiger charge is 2.02. The number of halogens is 1. The highest BCUT2D eigenvalue weighted by molar-refractivity contribution is 5.74. The Hall–Kier alpha value is -0.920. The van der Waals surface area contributed by atoms with Crippen molar-refractivity contribution in [3.63, 3.8) is 0 Å². The van der Waals surface area contributed by atoms with E-state index in [2.05, 4.69) is 0 Å². The van der Waals surface area contributed by atoms with Crippen LogP contribution in [0.15, 0.2) is 23.6 Å². The van der Waals surface area contributed by atoms with Crippen molar-refractivity contribution >= 4 is 6.29 Å². The van der Waals surface area contributed by atoms with Crippen LogP contribution in [0.2, 0.25) is 0 Å².